The SMILES string of the molecule is CCC(=O)N1CCCC(C(=O)NC(C)CCCO)C1. The van der Waals surface area contributed by atoms with Gasteiger partial charge in [0.15, 0.2) is 0 Å². The Morgan fingerprint density at radius 1 is 1.47 bits per heavy atom. The fraction of sp³-hybridized carbons (Fsp3) is 0.857. The molecule has 0 aromatic rings. The minimum Gasteiger partial charge on any atom is -0.396 e. The molecule has 5 nitrogen and oxygen atoms in total. The molecule has 0 radical (unpaired) electrons. The van der Waals surface area contributed by atoms with Crippen LogP contribution in [0.4, 0.5) is 0 Å². The van der Waals surface area contributed by atoms with Gasteiger partial charge in [-0.15, -0.1) is 0 Å². The first-order valence-corrected chi connectivity index (χ1v) is 7.27. The van der Waals surface area contributed by atoms with E-state index in [-0.39, 0.29) is 30.4 Å². The van der Waals surface area contributed by atoms with Gasteiger partial charge in [0.25, 0.3) is 0 Å². The molecule has 1 aliphatic rings. The van der Waals surface area contributed by atoms with Crippen LogP contribution in [0.1, 0.15) is 46.0 Å². The van der Waals surface area contributed by atoms with Crippen LogP contribution in [0.2, 0.25) is 0 Å². The molecule has 0 saturated carbocycles. The minimum atomic E-state index is -0.0826. The smallest absolute Gasteiger partial charge is 0.225 e. The predicted molar refractivity (Wildman–Crippen MR) is 73.5 cm³/mol. The number of carbonyl (C=O) groups excluding carboxylic acids is 2. The summed E-state index contributed by atoms with van der Waals surface area (Å²) in [7, 11) is 0. The summed E-state index contributed by atoms with van der Waals surface area (Å²) in [6, 6.07) is 0.0805. The molecule has 0 spiro atoms. The van der Waals surface area contributed by atoms with Gasteiger partial charge in [0.05, 0.1) is 5.92 Å². The predicted octanol–water partition coefficient (Wildman–Crippen LogP) is 0.912. The number of aliphatic hydroxyl groups excluding tert-OH is 1. The second-order valence-corrected chi connectivity index (χ2v) is 5.31. The lowest BCUT2D eigenvalue weighted by molar-refractivity contribution is -0.135. The Kier molecular flexibility index (Phi) is 6.84. The number of likely N-dealkylation sites (tertiary alicyclic amines) is 1. The van der Waals surface area contributed by atoms with Gasteiger partial charge in [-0.25, -0.2) is 0 Å². The van der Waals surface area contributed by atoms with E-state index in [1.165, 1.54) is 0 Å². The Balaban J connectivity index is 2.41. The van der Waals surface area contributed by atoms with Crippen molar-refractivity contribution < 1.29 is 14.7 Å². The van der Waals surface area contributed by atoms with Crippen molar-refractivity contribution in [3.8, 4) is 0 Å². The largest absolute Gasteiger partial charge is 0.396 e. The van der Waals surface area contributed by atoms with Gasteiger partial charge in [0.2, 0.25) is 11.8 Å². The lowest BCUT2D eigenvalue weighted by Gasteiger charge is -2.32. The van der Waals surface area contributed by atoms with Crippen molar-refractivity contribution in [1.29, 1.82) is 0 Å². The summed E-state index contributed by atoms with van der Waals surface area (Å²) < 4.78 is 0. The molecule has 0 bridgehead atoms. The Hall–Kier alpha value is -1.10. The maximum Gasteiger partial charge on any atom is 0.225 e. The maximum absolute atomic E-state index is 12.1. The van der Waals surface area contributed by atoms with Crippen LogP contribution >= 0.6 is 0 Å². The van der Waals surface area contributed by atoms with Crippen molar-refractivity contribution in [1.82, 2.24) is 10.2 Å². The standard InChI is InChI=1S/C14H26N2O3/c1-3-13(18)16-8-4-7-12(10-16)14(19)15-11(2)6-5-9-17/h11-12,17H,3-10H2,1-2H3,(H,15,19). The third-order valence-electron chi connectivity index (χ3n) is 3.63. The fourth-order valence-electron chi connectivity index (χ4n) is 2.47. The minimum absolute atomic E-state index is 0.0408. The number of hydrogen-bond acceptors (Lipinski definition) is 3. The summed E-state index contributed by atoms with van der Waals surface area (Å²) in [5.74, 6) is 0.0886. The van der Waals surface area contributed by atoms with Crippen LogP contribution in [0, 0.1) is 5.92 Å². The Bertz CT molecular complexity index is 307. The van der Waals surface area contributed by atoms with Gasteiger partial charge in [-0.05, 0) is 32.6 Å². The van der Waals surface area contributed by atoms with Gasteiger partial charge in [0.1, 0.15) is 0 Å². The zero-order valence-corrected chi connectivity index (χ0v) is 12.0. The molecule has 0 aromatic carbocycles. The third kappa shape index (κ3) is 5.19. The number of piperidine rings is 1. The molecule has 2 amide bonds. The highest BCUT2D eigenvalue weighted by Gasteiger charge is 2.28. The van der Waals surface area contributed by atoms with E-state index in [1.54, 1.807) is 4.90 Å². The highest BCUT2D eigenvalue weighted by Crippen LogP contribution is 2.17. The van der Waals surface area contributed by atoms with Gasteiger partial charge in [-0.3, -0.25) is 9.59 Å². The summed E-state index contributed by atoms with van der Waals surface area (Å²) in [5.41, 5.74) is 0. The van der Waals surface area contributed by atoms with Crippen molar-refractivity contribution >= 4 is 11.8 Å². The normalized spacial score (nSPS) is 21.0. The zero-order chi connectivity index (χ0) is 14.3. The molecule has 1 fully saturated rings. The van der Waals surface area contributed by atoms with Gasteiger partial charge in [-0.1, -0.05) is 6.92 Å². The van der Waals surface area contributed by atoms with Gasteiger partial charge < -0.3 is 15.3 Å². The molecule has 19 heavy (non-hydrogen) atoms. The molecule has 2 atom stereocenters. The molecule has 2 N–H and O–H groups in total. The summed E-state index contributed by atoms with van der Waals surface area (Å²) >= 11 is 0. The Morgan fingerprint density at radius 2 is 2.21 bits per heavy atom. The van der Waals surface area contributed by atoms with Crippen LogP contribution in [0.3, 0.4) is 0 Å². The van der Waals surface area contributed by atoms with Crippen LogP contribution in [0.5, 0.6) is 0 Å². The van der Waals surface area contributed by atoms with Crippen LogP contribution in [0.15, 0.2) is 0 Å². The molecule has 1 saturated heterocycles. The molecule has 5 heteroatoms. The summed E-state index contributed by atoms with van der Waals surface area (Å²) in [5, 5.41) is 11.7. The molecule has 110 valence electrons. The number of rotatable bonds is 6. The van der Waals surface area contributed by atoms with E-state index in [1.807, 2.05) is 13.8 Å². The molecule has 1 heterocycles. The van der Waals surface area contributed by atoms with Crippen molar-refractivity contribution in [2.45, 2.75) is 52.0 Å². The van der Waals surface area contributed by atoms with Gasteiger partial charge in [-0.2, -0.15) is 0 Å². The number of carbonyl (C=O) groups is 2. The average Bonchev–Trinajstić information content (AvgIpc) is 2.44. The Labute approximate surface area is 115 Å². The first kappa shape index (κ1) is 16.0. The summed E-state index contributed by atoms with van der Waals surface area (Å²) in [6.45, 7) is 5.28. The van der Waals surface area contributed by atoms with Gasteiger partial charge >= 0.3 is 0 Å². The van der Waals surface area contributed by atoms with Crippen molar-refractivity contribution in [2.75, 3.05) is 19.7 Å². The first-order valence-electron chi connectivity index (χ1n) is 7.27. The monoisotopic (exact) mass is 270 g/mol. The Morgan fingerprint density at radius 3 is 2.84 bits per heavy atom. The molecular weight excluding hydrogens is 244 g/mol. The molecule has 0 aliphatic carbocycles. The van der Waals surface area contributed by atoms with E-state index in [2.05, 4.69) is 5.32 Å². The van der Waals surface area contributed by atoms with Gasteiger partial charge in [0, 0.05) is 32.2 Å². The molecule has 1 rings (SSSR count). The van der Waals surface area contributed by atoms with Crippen molar-refractivity contribution in [3.05, 3.63) is 0 Å². The number of nitrogens with one attached hydrogen (secondary N) is 1. The van der Waals surface area contributed by atoms with E-state index in [9.17, 15) is 9.59 Å². The second-order valence-electron chi connectivity index (χ2n) is 5.31. The number of hydrogen-bond donors (Lipinski definition) is 2. The highest BCUT2D eigenvalue weighted by atomic mass is 16.3. The quantitative estimate of drug-likeness (QED) is 0.754. The van der Waals surface area contributed by atoms with E-state index < -0.39 is 0 Å². The summed E-state index contributed by atoms with van der Waals surface area (Å²) in [6.07, 6.45) is 3.74. The summed E-state index contributed by atoms with van der Waals surface area (Å²) in [4.78, 5) is 25.6. The zero-order valence-electron chi connectivity index (χ0n) is 12.0. The fourth-order valence-corrected chi connectivity index (χ4v) is 2.47. The highest BCUT2D eigenvalue weighted by molar-refractivity contribution is 5.81. The topological polar surface area (TPSA) is 69.6 Å². The van der Waals surface area contributed by atoms with E-state index in [0.717, 1.165) is 25.8 Å². The second kappa shape index (κ2) is 8.15. The molecule has 0 aromatic heterocycles. The van der Waals surface area contributed by atoms with Crippen LogP contribution < -0.4 is 5.32 Å². The number of aliphatic hydroxyl groups is 1. The molecular formula is C14H26N2O3. The molecule has 2 unspecified atom stereocenters. The van der Waals surface area contributed by atoms with Crippen molar-refractivity contribution in [3.63, 3.8) is 0 Å². The number of amides is 2. The first-order chi connectivity index (χ1) is 9.08. The lowest BCUT2D eigenvalue weighted by Crippen LogP contribution is -2.47. The lowest BCUT2D eigenvalue weighted by atomic mass is 9.96. The number of nitrogens with zero attached hydrogens (tertiary/aromatic N) is 1. The maximum atomic E-state index is 12.1. The third-order valence-corrected chi connectivity index (χ3v) is 3.63. The van der Waals surface area contributed by atoms with E-state index >= 15 is 0 Å². The average molecular weight is 270 g/mol. The van der Waals surface area contributed by atoms with Crippen LogP contribution in [0.25, 0.3) is 0 Å². The van der Waals surface area contributed by atoms with Crippen LogP contribution in [-0.2, 0) is 9.59 Å². The van der Waals surface area contributed by atoms with Crippen LogP contribution in [-0.4, -0.2) is 47.6 Å². The van der Waals surface area contributed by atoms with E-state index in [4.69, 9.17) is 5.11 Å². The van der Waals surface area contributed by atoms with E-state index in [0.29, 0.717) is 19.4 Å². The molecule has 1 aliphatic heterocycles. The van der Waals surface area contributed by atoms with Crippen molar-refractivity contribution in [2.24, 2.45) is 5.92 Å².